The average molecular weight is 358 g/mol. The number of ether oxygens (including phenoxy) is 1. The molecule has 2 aromatic rings. The van der Waals surface area contributed by atoms with E-state index in [4.69, 9.17) is 11.6 Å². The van der Waals surface area contributed by atoms with Gasteiger partial charge in [0.15, 0.2) is 0 Å². The molecule has 8 heteroatoms. The first-order valence-electron chi connectivity index (χ1n) is 6.59. The summed E-state index contributed by atoms with van der Waals surface area (Å²) in [4.78, 5) is 23.6. The highest BCUT2D eigenvalue weighted by Gasteiger charge is 2.31. The number of nitrogens with one attached hydrogen (secondary N) is 1. The molecule has 0 aliphatic heterocycles. The maximum Gasteiger partial charge on any atom is 0.416 e. The molecule has 0 aromatic heterocycles. The maximum atomic E-state index is 12.7. The smallest absolute Gasteiger partial charge is 0.416 e. The van der Waals surface area contributed by atoms with E-state index >= 15 is 0 Å². The van der Waals surface area contributed by atoms with Crippen LogP contribution in [-0.4, -0.2) is 19.0 Å². The number of benzene rings is 2. The molecular weight excluding hydrogens is 347 g/mol. The lowest BCUT2D eigenvalue weighted by Crippen LogP contribution is -2.14. The molecule has 4 nitrogen and oxygen atoms in total. The second-order valence-electron chi connectivity index (χ2n) is 4.72. The lowest BCUT2D eigenvalue weighted by Gasteiger charge is -2.12. The molecule has 1 N–H and O–H groups in total. The minimum atomic E-state index is -4.56. The number of carbonyl (C=O) groups is 2. The van der Waals surface area contributed by atoms with Gasteiger partial charge in [-0.3, -0.25) is 4.79 Å². The first kappa shape index (κ1) is 17.8. The molecule has 126 valence electrons. The van der Waals surface area contributed by atoms with Gasteiger partial charge in [-0.15, -0.1) is 0 Å². The Kier molecular flexibility index (Phi) is 5.14. The van der Waals surface area contributed by atoms with Crippen molar-refractivity contribution in [1.82, 2.24) is 0 Å². The maximum absolute atomic E-state index is 12.7. The van der Waals surface area contributed by atoms with E-state index < -0.39 is 23.6 Å². The van der Waals surface area contributed by atoms with Gasteiger partial charge in [0.25, 0.3) is 5.91 Å². The summed E-state index contributed by atoms with van der Waals surface area (Å²) in [5, 5.41) is 2.26. The molecule has 0 bridgehead atoms. The number of rotatable bonds is 3. The fourth-order valence-corrected chi connectivity index (χ4v) is 2.06. The standard InChI is InChI=1S/C16H11ClF3NO3/c1-24-15(23)10-4-2-3-9(7-10)14(22)21-13-8-11(16(18,19)20)5-6-12(13)17/h2-8H,1H3,(H,21,22). The van der Waals surface area contributed by atoms with Crippen LogP contribution in [0.3, 0.4) is 0 Å². The summed E-state index contributed by atoms with van der Waals surface area (Å²) >= 11 is 5.83. The fraction of sp³-hybridized carbons (Fsp3) is 0.125. The zero-order valence-electron chi connectivity index (χ0n) is 12.3. The Bertz CT molecular complexity index is 790. The van der Waals surface area contributed by atoms with E-state index in [1.54, 1.807) is 0 Å². The van der Waals surface area contributed by atoms with Crippen LogP contribution in [0.4, 0.5) is 18.9 Å². The topological polar surface area (TPSA) is 55.4 Å². The Morgan fingerprint density at radius 3 is 2.38 bits per heavy atom. The Morgan fingerprint density at radius 1 is 1.08 bits per heavy atom. The van der Waals surface area contributed by atoms with Crippen LogP contribution in [0.2, 0.25) is 5.02 Å². The second-order valence-corrected chi connectivity index (χ2v) is 5.13. The van der Waals surface area contributed by atoms with Crippen LogP contribution in [0.15, 0.2) is 42.5 Å². The van der Waals surface area contributed by atoms with Crippen LogP contribution in [0, 0.1) is 0 Å². The minimum Gasteiger partial charge on any atom is -0.465 e. The summed E-state index contributed by atoms with van der Waals surface area (Å²) in [5.74, 6) is -1.34. The van der Waals surface area contributed by atoms with Gasteiger partial charge in [0.2, 0.25) is 0 Å². The van der Waals surface area contributed by atoms with E-state index in [-0.39, 0.29) is 21.8 Å². The van der Waals surface area contributed by atoms with Gasteiger partial charge >= 0.3 is 12.1 Å². The Balaban J connectivity index is 2.29. The van der Waals surface area contributed by atoms with E-state index in [0.717, 1.165) is 18.2 Å². The van der Waals surface area contributed by atoms with E-state index in [2.05, 4.69) is 10.1 Å². The monoisotopic (exact) mass is 357 g/mol. The highest BCUT2D eigenvalue weighted by atomic mass is 35.5. The normalized spacial score (nSPS) is 11.0. The number of amides is 1. The lowest BCUT2D eigenvalue weighted by atomic mass is 10.1. The lowest BCUT2D eigenvalue weighted by molar-refractivity contribution is -0.137. The van der Waals surface area contributed by atoms with E-state index in [9.17, 15) is 22.8 Å². The molecule has 0 saturated carbocycles. The van der Waals surface area contributed by atoms with Crippen molar-refractivity contribution in [3.63, 3.8) is 0 Å². The molecule has 24 heavy (non-hydrogen) atoms. The molecule has 0 aliphatic carbocycles. The predicted octanol–water partition coefficient (Wildman–Crippen LogP) is 4.40. The summed E-state index contributed by atoms with van der Waals surface area (Å²) in [6.07, 6.45) is -4.56. The van der Waals surface area contributed by atoms with E-state index in [0.29, 0.717) is 0 Å². The van der Waals surface area contributed by atoms with Gasteiger partial charge in [-0.05, 0) is 36.4 Å². The predicted molar refractivity (Wildman–Crippen MR) is 82.2 cm³/mol. The zero-order chi connectivity index (χ0) is 17.9. The summed E-state index contributed by atoms with van der Waals surface area (Å²) < 4.78 is 42.7. The number of anilines is 1. The average Bonchev–Trinajstić information content (AvgIpc) is 2.55. The molecule has 2 rings (SSSR count). The van der Waals surface area contributed by atoms with Gasteiger partial charge in [0.05, 0.1) is 28.9 Å². The van der Waals surface area contributed by atoms with Crippen molar-refractivity contribution in [2.45, 2.75) is 6.18 Å². The quantitative estimate of drug-likeness (QED) is 0.828. The van der Waals surface area contributed by atoms with Gasteiger partial charge in [-0.2, -0.15) is 13.2 Å². The van der Waals surface area contributed by atoms with Gasteiger partial charge in [0.1, 0.15) is 0 Å². The summed E-state index contributed by atoms with van der Waals surface area (Å²) in [6, 6.07) is 8.17. The Morgan fingerprint density at radius 2 is 1.75 bits per heavy atom. The first-order chi connectivity index (χ1) is 11.2. The third-order valence-corrected chi connectivity index (χ3v) is 3.42. The molecule has 0 spiro atoms. The number of hydrogen-bond acceptors (Lipinski definition) is 3. The number of methoxy groups -OCH3 is 1. The Labute approximate surface area is 140 Å². The number of alkyl halides is 3. The molecule has 2 aromatic carbocycles. The van der Waals surface area contributed by atoms with Crippen LogP contribution < -0.4 is 5.32 Å². The SMILES string of the molecule is COC(=O)c1cccc(C(=O)Nc2cc(C(F)(F)F)ccc2Cl)c1. The van der Waals surface area contributed by atoms with Crippen LogP contribution in [0.25, 0.3) is 0 Å². The summed E-state index contributed by atoms with van der Waals surface area (Å²) in [5.41, 5.74) is -0.905. The molecule has 0 saturated heterocycles. The summed E-state index contributed by atoms with van der Waals surface area (Å²) in [7, 11) is 1.19. The number of carbonyl (C=O) groups excluding carboxylic acids is 2. The number of hydrogen-bond donors (Lipinski definition) is 1. The van der Waals surface area contributed by atoms with Crippen molar-refractivity contribution in [2.75, 3.05) is 12.4 Å². The second kappa shape index (κ2) is 6.92. The van der Waals surface area contributed by atoms with Crippen molar-refractivity contribution < 1.29 is 27.5 Å². The number of esters is 1. The molecule has 0 radical (unpaired) electrons. The zero-order valence-corrected chi connectivity index (χ0v) is 13.0. The third-order valence-electron chi connectivity index (χ3n) is 3.09. The molecule has 0 aliphatic rings. The summed E-state index contributed by atoms with van der Waals surface area (Å²) in [6.45, 7) is 0. The molecular formula is C16H11ClF3NO3. The van der Waals surface area contributed by atoms with Crippen molar-refractivity contribution in [3.8, 4) is 0 Å². The highest BCUT2D eigenvalue weighted by Crippen LogP contribution is 2.34. The van der Waals surface area contributed by atoms with Crippen molar-refractivity contribution in [1.29, 1.82) is 0 Å². The first-order valence-corrected chi connectivity index (χ1v) is 6.96. The third kappa shape index (κ3) is 4.05. The molecule has 0 unspecified atom stereocenters. The van der Waals surface area contributed by atoms with Gasteiger partial charge in [-0.25, -0.2) is 4.79 Å². The van der Waals surface area contributed by atoms with Crippen LogP contribution in [-0.2, 0) is 10.9 Å². The van der Waals surface area contributed by atoms with Crippen LogP contribution in [0.1, 0.15) is 26.3 Å². The van der Waals surface area contributed by atoms with Gasteiger partial charge in [-0.1, -0.05) is 17.7 Å². The van der Waals surface area contributed by atoms with Gasteiger partial charge in [0, 0.05) is 5.56 Å². The highest BCUT2D eigenvalue weighted by molar-refractivity contribution is 6.34. The van der Waals surface area contributed by atoms with Crippen LogP contribution in [0.5, 0.6) is 0 Å². The van der Waals surface area contributed by atoms with E-state index in [1.807, 2.05) is 0 Å². The Hall–Kier alpha value is -2.54. The largest absolute Gasteiger partial charge is 0.465 e. The van der Waals surface area contributed by atoms with Crippen molar-refractivity contribution >= 4 is 29.2 Å². The fourth-order valence-electron chi connectivity index (χ4n) is 1.90. The molecule has 0 fully saturated rings. The molecule has 0 atom stereocenters. The van der Waals surface area contributed by atoms with Crippen molar-refractivity contribution in [2.24, 2.45) is 0 Å². The van der Waals surface area contributed by atoms with Crippen molar-refractivity contribution in [3.05, 3.63) is 64.2 Å². The number of halogens is 4. The minimum absolute atomic E-state index is 0.0412. The van der Waals surface area contributed by atoms with Gasteiger partial charge < -0.3 is 10.1 Å². The van der Waals surface area contributed by atoms with Crippen LogP contribution >= 0.6 is 11.6 Å². The van der Waals surface area contributed by atoms with E-state index in [1.165, 1.54) is 31.4 Å². The molecule has 1 amide bonds. The molecule has 0 heterocycles.